The summed E-state index contributed by atoms with van der Waals surface area (Å²) in [6.07, 6.45) is 3.06. The first-order valence-corrected chi connectivity index (χ1v) is 23.9. The van der Waals surface area contributed by atoms with Gasteiger partial charge in [-0.15, -0.1) is 12.4 Å². The molecule has 1 aliphatic heterocycles. The largest absolute Gasteiger partial charge is 0.508 e. The van der Waals surface area contributed by atoms with E-state index in [2.05, 4.69) is 63.8 Å². The molecule has 7 rings (SSSR count). The third kappa shape index (κ3) is 17.4. The summed E-state index contributed by atoms with van der Waals surface area (Å²) in [4.78, 5) is 4.65. The molecule has 1 heterocycles. The SMILES string of the molecule is C[C@@H](CO)N(Cc1ccccc1)C[C@H](Nc1ccc(O)cc1Cl)c1ccc(Cl)cc1.C[C@@H](COC1CCCCO1)N(Cc1ccccc1)C[C@H](Nc1ccc(O)cc1Cl)c1ccc(Cl)cc1.Cl. The van der Waals surface area contributed by atoms with Crippen molar-refractivity contribution in [2.24, 2.45) is 0 Å². The lowest BCUT2D eigenvalue weighted by atomic mass is 10.0. The van der Waals surface area contributed by atoms with Crippen molar-refractivity contribution in [3.63, 3.8) is 0 Å². The van der Waals surface area contributed by atoms with E-state index in [1.165, 1.54) is 17.2 Å². The highest BCUT2D eigenvalue weighted by Gasteiger charge is 2.25. The van der Waals surface area contributed by atoms with Gasteiger partial charge in [0.05, 0.1) is 46.7 Å². The van der Waals surface area contributed by atoms with Gasteiger partial charge in [-0.05, 0) is 104 Å². The number of hydrogen-bond donors (Lipinski definition) is 5. The summed E-state index contributed by atoms with van der Waals surface area (Å²) in [5, 5.41) is 38.7. The number of phenolic OH excluding ortho intramolecular Hbond substituents is 2. The number of ether oxygens (including phenoxy) is 2. The quantitative estimate of drug-likeness (QED) is 0.0478. The minimum Gasteiger partial charge on any atom is -0.508 e. The smallest absolute Gasteiger partial charge is 0.157 e. The lowest BCUT2D eigenvalue weighted by molar-refractivity contribution is -0.170. The van der Waals surface area contributed by atoms with Gasteiger partial charge in [-0.25, -0.2) is 0 Å². The van der Waals surface area contributed by atoms with Crippen molar-refractivity contribution >= 4 is 70.2 Å². The van der Waals surface area contributed by atoms with Gasteiger partial charge in [0.1, 0.15) is 11.5 Å². The van der Waals surface area contributed by atoms with Crippen molar-refractivity contribution < 1.29 is 24.8 Å². The number of aromatic hydroxyl groups is 2. The predicted molar refractivity (Wildman–Crippen MR) is 278 cm³/mol. The average Bonchev–Trinajstić information content (AvgIpc) is 3.33. The molecule has 67 heavy (non-hydrogen) atoms. The van der Waals surface area contributed by atoms with Crippen LogP contribution in [0.4, 0.5) is 11.4 Å². The summed E-state index contributed by atoms with van der Waals surface area (Å²) in [5.41, 5.74) is 6.03. The Kier molecular flexibility index (Phi) is 22.2. The van der Waals surface area contributed by atoms with E-state index < -0.39 is 0 Å². The fourth-order valence-corrected chi connectivity index (χ4v) is 8.40. The van der Waals surface area contributed by atoms with Crippen LogP contribution in [0.3, 0.4) is 0 Å². The Bertz CT molecular complexity index is 2350. The second kappa shape index (κ2) is 27.7. The van der Waals surface area contributed by atoms with Crippen molar-refractivity contribution in [2.45, 2.75) is 76.7 Å². The van der Waals surface area contributed by atoms with E-state index in [9.17, 15) is 15.3 Å². The molecule has 0 spiro atoms. The Balaban J connectivity index is 0.000000251. The summed E-state index contributed by atoms with van der Waals surface area (Å²) in [7, 11) is 0. The molecule has 358 valence electrons. The van der Waals surface area contributed by atoms with Crippen LogP contribution in [0.25, 0.3) is 0 Å². The normalized spacial score (nSPS) is 15.4. The van der Waals surface area contributed by atoms with Crippen LogP contribution in [0.1, 0.15) is 67.4 Å². The van der Waals surface area contributed by atoms with E-state index in [0.29, 0.717) is 46.3 Å². The third-order valence-electron chi connectivity index (χ3n) is 11.6. The van der Waals surface area contributed by atoms with Crippen LogP contribution in [-0.2, 0) is 22.6 Å². The second-order valence-electron chi connectivity index (χ2n) is 16.7. The topological polar surface area (TPSA) is 110 Å². The molecule has 0 amide bonds. The zero-order chi connectivity index (χ0) is 46.8. The number of halogens is 5. The Labute approximate surface area is 422 Å². The molecule has 5 N–H and O–H groups in total. The standard InChI is InChI=1S/C29H34Cl2N2O3.C24H26Cl2N2O2.ClH/c1-21(20-36-29-9-5-6-16-35-29)33(18-22-7-3-2-4-8-22)19-28(23-10-12-24(30)13-11-23)32-27-15-14-25(34)17-26(27)31;1-17(16-29)28(14-18-5-3-2-4-6-18)15-24(19-7-9-20(25)10-8-19)27-23-12-11-21(30)13-22(23)26;/h2-4,7-8,10-15,17,21,28-29,32,34H,5-6,9,16,18-20H2,1H3;2-13,17,24,27,29-30H,14-16H2,1H3;1H/t21-,28-,29?;17-,24-;/m00./s1. The molecule has 1 unspecified atom stereocenters. The van der Waals surface area contributed by atoms with Crippen molar-refractivity contribution in [1.82, 2.24) is 9.80 Å². The highest BCUT2D eigenvalue weighted by atomic mass is 35.5. The number of rotatable bonds is 20. The summed E-state index contributed by atoms with van der Waals surface area (Å²) in [6.45, 7) is 8.41. The first-order chi connectivity index (χ1) is 31.9. The predicted octanol–water partition coefficient (Wildman–Crippen LogP) is 13.4. The number of benzene rings is 6. The second-order valence-corrected chi connectivity index (χ2v) is 18.4. The van der Waals surface area contributed by atoms with Crippen molar-refractivity contribution in [3.05, 3.63) is 188 Å². The lowest BCUT2D eigenvalue weighted by Crippen LogP contribution is -2.41. The number of phenols is 2. The number of aliphatic hydroxyl groups is 1. The van der Waals surface area contributed by atoms with Crippen LogP contribution in [0.5, 0.6) is 11.5 Å². The maximum absolute atomic E-state index is 9.84. The molecule has 0 radical (unpaired) electrons. The highest BCUT2D eigenvalue weighted by molar-refractivity contribution is 6.33. The molecule has 1 fully saturated rings. The molecule has 6 aromatic rings. The van der Waals surface area contributed by atoms with Crippen molar-refractivity contribution in [3.8, 4) is 11.5 Å². The van der Waals surface area contributed by atoms with E-state index in [1.54, 1.807) is 30.3 Å². The van der Waals surface area contributed by atoms with Crippen molar-refractivity contribution in [2.75, 3.05) is 43.5 Å². The molecule has 0 aliphatic carbocycles. The van der Waals surface area contributed by atoms with Crippen LogP contribution in [0, 0.1) is 0 Å². The van der Waals surface area contributed by atoms with E-state index in [4.69, 9.17) is 55.9 Å². The van der Waals surface area contributed by atoms with E-state index in [-0.39, 0.29) is 61.0 Å². The molecule has 9 nitrogen and oxygen atoms in total. The molecular weight excluding hydrogens is 950 g/mol. The van der Waals surface area contributed by atoms with Gasteiger partial charge in [0.15, 0.2) is 6.29 Å². The molecular formula is C53H61Cl5N4O5. The van der Waals surface area contributed by atoms with E-state index in [0.717, 1.165) is 54.9 Å². The fraction of sp³-hybridized carbons (Fsp3) is 0.321. The van der Waals surface area contributed by atoms with Gasteiger partial charge in [0.2, 0.25) is 0 Å². The van der Waals surface area contributed by atoms with Crippen LogP contribution in [0.15, 0.2) is 146 Å². The summed E-state index contributed by atoms with van der Waals surface area (Å²) in [6, 6.07) is 46.0. The zero-order valence-electron chi connectivity index (χ0n) is 37.8. The van der Waals surface area contributed by atoms with E-state index >= 15 is 0 Å². The number of nitrogens with one attached hydrogen (secondary N) is 2. The number of anilines is 2. The lowest BCUT2D eigenvalue weighted by Gasteiger charge is -2.34. The first-order valence-electron chi connectivity index (χ1n) is 22.3. The highest BCUT2D eigenvalue weighted by Crippen LogP contribution is 2.33. The molecule has 0 bridgehead atoms. The van der Waals surface area contributed by atoms with Gasteiger partial charge in [-0.3, -0.25) is 9.80 Å². The van der Waals surface area contributed by atoms with Crippen LogP contribution >= 0.6 is 58.8 Å². The van der Waals surface area contributed by atoms with Gasteiger partial charge in [-0.2, -0.15) is 0 Å². The molecule has 1 saturated heterocycles. The molecule has 6 aromatic carbocycles. The zero-order valence-corrected chi connectivity index (χ0v) is 41.6. The van der Waals surface area contributed by atoms with Crippen molar-refractivity contribution in [1.29, 1.82) is 0 Å². The number of hydrogen-bond acceptors (Lipinski definition) is 9. The average molecular weight is 1010 g/mol. The van der Waals surface area contributed by atoms with Crippen LogP contribution in [-0.4, -0.2) is 76.4 Å². The van der Waals surface area contributed by atoms with Gasteiger partial charge < -0.3 is 35.4 Å². The van der Waals surface area contributed by atoms with E-state index in [1.807, 2.05) is 79.7 Å². The molecule has 5 atom stereocenters. The first kappa shape index (κ1) is 53.7. The Hall–Kier alpha value is -4.23. The van der Waals surface area contributed by atoms with Gasteiger partial charge in [0, 0.05) is 67.0 Å². The monoisotopic (exact) mass is 1010 g/mol. The van der Waals surface area contributed by atoms with Gasteiger partial charge in [-0.1, -0.05) is 131 Å². The van der Waals surface area contributed by atoms with Crippen LogP contribution in [0.2, 0.25) is 20.1 Å². The number of aliphatic hydroxyl groups excluding tert-OH is 1. The maximum Gasteiger partial charge on any atom is 0.157 e. The summed E-state index contributed by atoms with van der Waals surface area (Å²) < 4.78 is 12.0. The molecule has 0 aromatic heterocycles. The Morgan fingerprint density at radius 2 is 1.06 bits per heavy atom. The number of nitrogens with zero attached hydrogens (tertiary/aromatic N) is 2. The molecule has 1 aliphatic rings. The molecule has 14 heteroatoms. The van der Waals surface area contributed by atoms with Gasteiger partial charge >= 0.3 is 0 Å². The minimum absolute atomic E-state index is 0. The Morgan fingerprint density at radius 3 is 1.46 bits per heavy atom. The summed E-state index contributed by atoms with van der Waals surface area (Å²) in [5.74, 6) is 0.253. The third-order valence-corrected chi connectivity index (χ3v) is 12.7. The fourth-order valence-electron chi connectivity index (χ4n) is 7.69. The van der Waals surface area contributed by atoms with Crippen LogP contribution < -0.4 is 10.6 Å². The summed E-state index contributed by atoms with van der Waals surface area (Å²) >= 11 is 25.1. The maximum atomic E-state index is 9.84. The Morgan fingerprint density at radius 1 is 0.612 bits per heavy atom. The minimum atomic E-state index is -0.124. The van der Waals surface area contributed by atoms with Gasteiger partial charge in [0.25, 0.3) is 0 Å². The molecule has 0 saturated carbocycles.